The molecule has 0 spiro atoms. The summed E-state index contributed by atoms with van der Waals surface area (Å²) in [5.74, 6) is -0.673. The number of hydrogen-bond donors (Lipinski definition) is 0. The molecule has 0 bridgehead atoms. The molecule has 4 rings (SSSR count). The predicted octanol–water partition coefficient (Wildman–Crippen LogP) is 6.80. The third-order valence-electron chi connectivity index (χ3n) is 4.77. The van der Waals surface area contributed by atoms with E-state index >= 15 is 0 Å². The molecule has 31 heavy (non-hydrogen) atoms. The number of hydrogen-bond acceptors (Lipinski definition) is 3. The number of rotatable bonds is 3. The van der Waals surface area contributed by atoms with E-state index in [-0.39, 0.29) is 9.93 Å². The SMILES string of the molecule is O=C1C(=Cc2ccc(Cl)cc2Cl)S(=O)(=O)C(c2ccc(Cl)cc2)N1c1ccc(Cl)cc1. The lowest BCUT2D eigenvalue weighted by atomic mass is 10.1. The van der Waals surface area contributed by atoms with Crippen LogP contribution in [0.15, 0.2) is 71.6 Å². The maximum Gasteiger partial charge on any atom is 0.271 e. The van der Waals surface area contributed by atoms with Crippen LogP contribution in [-0.4, -0.2) is 14.3 Å². The van der Waals surface area contributed by atoms with E-state index in [4.69, 9.17) is 46.4 Å². The Balaban J connectivity index is 1.92. The first-order valence-corrected chi connectivity index (χ1v) is 12.0. The summed E-state index contributed by atoms with van der Waals surface area (Å²) < 4.78 is 27.1. The Morgan fingerprint density at radius 1 is 0.774 bits per heavy atom. The van der Waals surface area contributed by atoms with Gasteiger partial charge in [0.15, 0.2) is 5.37 Å². The summed E-state index contributed by atoms with van der Waals surface area (Å²) in [5, 5.41) is 0.276. The normalized spacial score (nSPS) is 19.2. The number of anilines is 1. The summed E-state index contributed by atoms with van der Waals surface area (Å²) in [5.41, 5.74) is 1.16. The van der Waals surface area contributed by atoms with Crippen molar-refractivity contribution >= 4 is 73.9 Å². The van der Waals surface area contributed by atoms with Crippen LogP contribution in [0.3, 0.4) is 0 Å². The van der Waals surface area contributed by atoms with E-state index in [1.54, 1.807) is 60.7 Å². The third-order valence-corrected chi connectivity index (χ3v) is 7.82. The van der Waals surface area contributed by atoms with Gasteiger partial charge in [0.1, 0.15) is 4.91 Å². The third kappa shape index (κ3) is 4.21. The molecule has 0 aromatic heterocycles. The first-order valence-electron chi connectivity index (χ1n) is 8.94. The minimum absolute atomic E-state index is 0.232. The van der Waals surface area contributed by atoms with Crippen LogP contribution in [0.1, 0.15) is 16.5 Å². The molecule has 4 nitrogen and oxygen atoms in total. The zero-order chi connectivity index (χ0) is 22.3. The molecule has 9 heteroatoms. The maximum atomic E-state index is 13.6. The Morgan fingerprint density at radius 3 is 1.90 bits per heavy atom. The van der Waals surface area contributed by atoms with Crippen molar-refractivity contribution in [3.63, 3.8) is 0 Å². The average Bonchev–Trinajstić information content (AvgIpc) is 2.91. The molecule has 1 fully saturated rings. The molecule has 0 aliphatic carbocycles. The molecule has 0 radical (unpaired) electrons. The lowest BCUT2D eigenvalue weighted by molar-refractivity contribution is -0.114. The van der Waals surface area contributed by atoms with Gasteiger partial charge in [-0.25, -0.2) is 8.42 Å². The number of benzene rings is 3. The molecule has 1 atom stereocenters. The van der Waals surface area contributed by atoms with Crippen LogP contribution >= 0.6 is 46.4 Å². The van der Waals surface area contributed by atoms with Gasteiger partial charge in [-0.05, 0) is 65.7 Å². The second-order valence-electron chi connectivity index (χ2n) is 6.77. The van der Waals surface area contributed by atoms with E-state index in [0.29, 0.717) is 31.9 Å². The monoisotopic (exact) mass is 511 g/mol. The molecule has 1 aliphatic rings. The average molecular weight is 513 g/mol. The van der Waals surface area contributed by atoms with Gasteiger partial charge in [0.05, 0.1) is 0 Å². The van der Waals surface area contributed by atoms with Crippen LogP contribution < -0.4 is 4.90 Å². The molecule has 1 saturated heterocycles. The fraction of sp³-hybridized carbons (Fsp3) is 0.0455. The quantitative estimate of drug-likeness (QED) is 0.362. The lowest BCUT2D eigenvalue weighted by Gasteiger charge is -2.23. The molecular weight excluding hydrogens is 500 g/mol. The molecule has 3 aromatic carbocycles. The summed E-state index contributed by atoms with van der Waals surface area (Å²) in [7, 11) is -4.11. The minimum atomic E-state index is -4.11. The number of halogens is 4. The highest BCUT2D eigenvalue weighted by atomic mass is 35.5. The van der Waals surface area contributed by atoms with Gasteiger partial charge < -0.3 is 0 Å². The highest BCUT2D eigenvalue weighted by Gasteiger charge is 2.50. The fourth-order valence-electron chi connectivity index (χ4n) is 3.32. The van der Waals surface area contributed by atoms with Gasteiger partial charge in [-0.2, -0.15) is 0 Å². The number of nitrogens with zero attached hydrogens (tertiary/aromatic N) is 1. The summed E-state index contributed by atoms with van der Waals surface area (Å²) >= 11 is 24.1. The topological polar surface area (TPSA) is 54.5 Å². The summed E-state index contributed by atoms with van der Waals surface area (Å²) in [6.45, 7) is 0. The van der Waals surface area contributed by atoms with Crippen LogP contribution in [0, 0.1) is 0 Å². The molecular formula is C22H13Cl4NO3S. The van der Waals surface area contributed by atoms with Gasteiger partial charge in [-0.3, -0.25) is 9.69 Å². The standard InChI is InChI=1S/C22H13Cl4NO3S/c23-15-4-1-13(2-5-15)22-27(18-9-7-16(24)8-10-18)21(28)20(31(22,29)30)11-14-3-6-17(25)12-19(14)26/h1-12,22H. The van der Waals surface area contributed by atoms with Crippen molar-refractivity contribution in [1.29, 1.82) is 0 Å². The lowest BCUT2D eigenvalue weighted by Crippen LogP contribution is -2.28. The molecule has 158 valence electrons. The molecule has 1 aliphatic heterocycles. The van der Waals surface area contributed by atoms with Gasteiger partial charge in [0.25, 0.3) is 5.91 Å². The van der Waals surface area contributed by atoms with Crippen LogP contribution in [-0.2, 0) is 14.6 Å². The van der Waals surface area contributed by atoms with Gasteiger partial charge in [-0.15, -0.1) is 0 Å². The summed E-state index contributed by atoms with van der Waals surface area (Å²) in [6.07, 6.45) is 1.27. The minimum Gasteiger partial charge on any atom is -0.286 e. The zero-order valence-electron chi connectivity index (χ0n) is 15.6. The zero-order valence-corrected chi connectivity index (χ0v) is 19.4. The van der Waals surface area contributed by atoms with Crippen LogP contribution in [0.5, 0.6) is 0 Å². The van der Waals surface area contributed by atoms with Gasteiger partial charge in [0.2, 0.25) is 9.84 Å². The molecule has 0 N–H and O–H groups in total. The molecule has 1 heterocycles. The van der Waals surface area contributed by atoms with E-state index < -0.39 is 21.1 Å². The van der Waals surface area contributed by atoms with Crippen molar-refractivity contribution in [3.05, 3.63) is 103 Å². The Labute approximate surface area is 199 Å². The highest BCUT2D eigenvalue weighted by Crippen LogP contribution is 2.44. The van der Waals surface area contributed by atoms with E-state index in [2.05, 4.69) is 0 Å². The van der Waals surface area contributed by atoms with E-state index in [0.717, 1.165) is 0 Å². The molecule has 1 unspecified atom stereocenters. The van der Waals surface area contributed by atoms with Gasteiger partial charge in [-0.1, -0.05) is 64.6 Å². The van der Waals surface area contributed by atoms with Crippen LogP contribution in [0.2, 0.25) is 20.1 Å². The predicted molar refractivity (Wildman–Crippen MR) is 126 cm³/mol. The Bertz CT molecular complexity index is 1300. The summed E-state index contributed by atoms with van der Waals surface area (Å²) in [4.78, 5) is 14.2. The van der Waals surface area contributed by atoms with Crippen molar-refractivity contribution in [1.82, 2.24) is 0 Å². The number of carbonyl (C=O) groups is 1. The first-order chi connectivity index (χ1) is 14.7. The van der Waals surface area contributed by atoms with Crippen molar-refractivity contribution < 1.29 is 13.2 Å². The van der Waals surface area contributed by atoms with Gasteiger partial charge >= 0.3 is 0 Å². The number of sulfone groups is 1. The number of carbonyl (C=O) groups excluding carboxylic acids is 1. The summed E-state index contributed by atoms with van der Waals surface area (Å²) in [6, 6.07) is 17.3. The Kier molecular flexibility index (Phi) is 6.08. The Hall–Kier alpha value is -2.02. The highest BCUT2D eigenvalue weighted by molar-refractivity contribution is 7.97. The van der Waals surface area contributed by atoms with E-state index in [9.17, 15) is 13.2 Å². The van der Waals surface area contributed by atoms with Crippen molar-refractivity contribution in [3.8, 4) is 0 Å². The molecule has 3 aromatic rings. The van der Waals surface area contributed by atoms with Gasteiger partial charge in [0, 0.05) is 25.8 Å². The largest absolute Gasteiger partial charge is 0.286 e. The van der Waals surface area contributed by atoms with E-state index in [1.807, 2.05) is 0 Å². The number of amides is 1. The van der Waals surface area contributed by atoms with Crippen molar-refractivity contribution in [2.75, 3.05) is 4.90 Å². The fourth-order valence-corrected chi connectivity index (χ4v) is 5.92. The molecule has 1 amide bonds. The second kappa shape index (κ2) is 8.49. The first kappa shape index (κ1) is 22.2. The van der Waals surface area contributed by atoms with Crippen molar-refractivity contribution in [2.45, 2.75) is 5.37 Å². The van der Waals surface area contributed by atoms with E-state index in [1.165, 1.54) is 17.0 Å². The van der Waals surface area contributed by atoms with Crippen molar-refractivity contribution in [2.24, 2.45) is 0 Å². The van der Waals surface area contributed by atoms with Crippen LogP contribution in [0.25, 0.3) is 6.08 Å². The smallest absolute Gasteiger partial charge is 0.271 e. The Morgan fingerprint density at radius 2 is 1.32 bits per heavy atom. The maximum absolute atomic E-state index is 13.6. The van der Waals surface area contributed by atoms with Crippen LogP contribution in [0.4, 0.5) is 5.69 Å². The molecule has 0 saturated carbocycles. The second-order valence-corrected chi connectivity index (χ2v) is 10.5.